The number of rotatable bonds is 32. The molecule has 1 aliphatic rings. The lowest BCUT2D eigenvalue weighted by Gasteiger charge is -2.42. The number of carbonyl (C=O) groups is 2. The van der Waals surface area contributed by atoms with Crippen LogP contribution in [0, 0.1) is 0 Å². The van der Waals surface area contributed by atoms with E-state index in [0.717, 1.165) is 57.8 Å². The van der Waals surface area contributed by atoms with Gasteiger partial charge in [0.05, 0.1) is 13.2 Å². The van der Waals surface area contributed by atoms with Crippen molar-refractivity contribution in [3.63, 3.8) is 0 Å². The molecule has 0 saturated carbocycles. The Kier molecular flexibility index (Phi) is 27.0. The van der Waals surface area contributed by atoms with Gasteiger partial charge in [0.25, 0.3) is 0 Å². The van der Waals surface area contributed by atoms with Crippen molar-refractivity contribution in [2.24, 2.45) is 0 Å². The number of carboxylic acid groups (broad SMARTS) is 1. The Labute approximate surface area is 304 Å². The molecule has 1 rings (SSSR count). The van der Waals surface area contributed by atoms with E-state index in [9.17, 15) is 50.4 Å². The summed E-state index contributed by atoms with van der Waals surface area (Å²) in [5, 5.41) is 91.1. The van der Waals surface area contributed by atoms with Crippen LogP contribution in [0.25, 0.3) is 0 Å². The molecule has 0 bridgehead atoms. The minimum atomic E-state index is -1.86. The third kappa shape index (κ3) is 20.0. The number of amides is 1. The van der Waals surface area contributed by atoms with Gasteiger partial charge in [0.1, 0.15) is 48.8 Å². The smallest absolute Gasteiger partial charge is 0.303 e. The number of hydrogen-bond acceptors (Lipinski definition) is 12. The zero-order chi connectivity index (χ0) is 38.0. The predicted molar refractivity (Wildman–Crippen MR) is 191 cm³/mol. The van der Waals surface area contributed by atoms with Crippen LogP contribution in [-0.4, -0.2) is 144 Å². The molecule has 14 heteroatoms. The van der Waals surface area contributed by atoms with Gasteiger partial charge in [-0.05, 0) is 19.3 Å². The summed E-state index contributed by atoms with van der Waals surface area (Å²) < 4.78 is 10.9. The SMILES string of the molecule is CCCCCCCCCCCCCC(=O)N(CCCCCCCCCCC(=O)O)C[C@H](O)[C@@H](O)[C@H](O[C@@H]1O[C@H](CO)[C@H](O)[C@H](O)[C@H]1O)[C@H](O)CO. The van der Waals surface area contributed by atoms with Crippen molar-refractivity contribution in [3.8, 4) is 0 Å². The summed E-state index contributed by atoms with van der Waals surface area (Å²) in [6.45, 7) is 0.633. The summed E-state index contributed by atoms with van der Waals surface area (Å²) in [6, 6.07) is 0. The number of hydrogen-bond donors (Lipinski definition) is 9. The molecule has 51 heavy (non-hydrogen) atoms. The number of aliphatic hydroxyl groups excluding tert-OH is 8. The first-order valence-corrected chi connectivity index (χ1v) is 19.6. The first kappa shape index (κ1) is 47.6. The summed E-state index contributed by atoms with van der Waals surface area (Å²) in [5.74, 6) is -0.957. The molecule has 1 amide bonds. The minimum absolute atomic E-state index is 0.176. The highest BCUT2D eigenvalue weighted by molar-refractivity contribution is 5.76. The van der Waals surface area contributed by atoms with Gasteiger partial charge >= 0.3 is 5.97 Å². The van der Waals surface area contributed by atoms with Crippen molar-refractivity contribution in [1.29, 1.82) is 0 Å². The number of aliphatic carboxylic acids is 1. The van der Waals surface area contributed by atoms with E-state index in [0.29, 0.717) is 25.8 Å². The third-order valence-electron chi connectivity index (χ3n) is 9.76. The van der Waals surface area contributed by atoms with Crippen LogP contribution in [0.4, 0.5) is 0 Å². The normalized spacial score (nSPS) is 23.1. The molecule has 0 spiro atoms. The molecule has 0 aromatic rings. The maximum atomic E-state index is 13.4. The van der Waals surface area contributed by atoms with Crippen LogP contribution in [0.3, 0.4) is 0 Å². The zero-order valence-corrected chi connectivity index (χ0v) is 31.0. The fourth-order valence-electron chi connectivity index (χ4n) is 6.45. The first-order valence-electron chi connectivity index (χ1n) is 19.6. The third-order valence-corrected chi connectivity index (χ3v) is 9.76. The molecular weight excluding hydrogens is 666 g/mol. The molecule has 302 valence electrons. The average molecular weight is 738 g/mol. The monoisotopic (exact) mass is 737 g/mol. The number of unbranched alkanes of at least 4 members (excludes halogenated alkanes) is 17. The standard InChI is InChI=1S/C37H71NO13/c1-2-3-4-5-6-7-8-9-12-15-18-21-30(43)38(23-20-17-14-11-10-13-16-19-22-31(44)45)24-27(41)32(46)36(28(42)25-39)51-37-35(49)34(48)33(47)29(26-40)50-37/h27-29,32-37,39-42,46-49H,2-26H2,1H3,(H,44,45)/t27-,28+,29+,32+,33-,34-,35+,36+,37-/m0/s1. The lowest BCUT2D eigenvalue weighted by atomic mass is 9.98. The van der Waals surface area contributed by atoms with Crippen LogP contribution in [0.1, 0.15) is 142 Å². The van der Waals surface area contributed by atoms with Crippen molar-refractivity contribution in [2.75, 3.05) is 26.3 Å². The number of ether oxygens (including phenoxy) is 2. The van der Waals surface area contributed by atoms with Crippen LogP contribution in [-0.2, 0) is 19.1 Å². The Hall–Kier alpha value is -1.46. The van der Waals surface area contributed by atoms with Gasteiger partial charge in [-0.25, -0.2) is 0 Å². The van der Waals surface area contributed by atoms with Crippen LogP contribution in [0.15, 0.2) is 0 Å². The van der Waals surface area contributed by atoms with Crippen molar-refractivity contribution < 1.29 is 65.0 Å². The van der Waals surface area contributed by atoms with E-state index in [1.807, 2.05) is 0 Å². The van der Waals surface area contributed by atoms with E-state index >= 15 is 0 Å². The van der Waals surface area contributed by atoms with Crippen LogP contribution in [0.5, 0.6) is 0 Å². The van der Waals surface area contributed by atoms with Gasteiger partial charge in [0.2, 0.25) is 5.91 Å². The van der Waals surface area contributed by atoms with E-state index in [-0.39, 0.29) is 25.3 Å². The molecule has 9 N–H and O–H groups in total. The highest BCUT2D eigenvalue weighted by atomic mass is 16.7. The van der Waals surface area contributed by atoms with Gasteiger partial charge in [-0.2, -0.15) is 0 Å². The van der Waals surface area contributed by atoms with E-state index in [1.54, 1.807) is 0 Å². The maximum Gasteiger partial charge on any atom is 0.303 e. The number of carbonyl (C=O) groups excluding carboxylic acids is 1. The molecule has 1 aliphatic heterocycles. The summed E-state index contributed by atoms with van der Waals surface area (Å²) >= 11 is 0. The van der Waals surface area contributed by atoms with Gasteiger partial charge in [0.15, 0.2) is 6.29 Å². The van der Waals surface area contributed by atoms with E-state index < -0.39 is 74.3 Å². The van der Waals surface area contributed by atoms with Gasteiger partial charge in [-0.15, -0.1) is 0 Å². The highest BCUT2D eigenvalue weighted by Gasteiger charge is 2.47. The van der Waals surface area contributed by atoms with Crippen LogP contribution < -0.4 is 0 Å². The Bertz CT molecular complexity index is 881. The molecule has 0 radical (unpaired) electrons. The first-order chi connectivity index (χ1) is 24.5. The van der Waals surface area contributed by atoms with Gasteiger partial charge in [0, 0.05) is 25.9 Å². The number of carboxylic acids is 1. The molecule has 1 heterocycles. The Morgan fingerprint density at radius 1 is 0.667 bits per heavy atom. The van der Waals surface area contributed by atoms with E-state index in [2.05, 4.69) is 6.92 Å². The molecule has 0 aromatic carbocycles. The molecule has 1 fully saturated rings. The predicted octanol–water partition coefficient (Wildman–Crippen LogP) is 2.37. The summed E-state index contributed by atoms with van der Waals surface area (Å²) in [5.41, 5.74) is 0. The van der Waals surface area contributed by atoms with Crippen molar-refractivity contribution >= 4 is 11.9 Å². The largest absolute Gasteiger partial charge is 0.481 e. The topological polar surface area (TPSA) is 238 Å². The number of aliphatic hydroxyl groups is 8. The maximum absolute atomic E-state index is 13.4. The summed E-state index contributed by atoms with van der Waals surface area (Å²) in [7, 11) is 0. The van der Waals surface area contributed by atoms with E-state index in [1.165, 1.54) is 49.8 Å². The molecule has 0 aliphatic carbocycles. The van der Waals surface area contributed by atoms with Gasteiger partial charge < -0.3 is 60.3 Å². The average Bonchev–Trinajstić information content (AvgIpc) is 3.11. The highest BCUT2D eigenvalue weighted by Crippen LogP contribution is 2.25. The quantitative estimate of drug-likeness (QED) is 0.0452. The van der Waals surface area contributed by atoms with Crippen LogP contribution in [0.2, 0.25) is 0 Å². The zero-order valence-electron chi connectivity index (χ0n) is 31.0. The molecule has 0 unspecified atom stereocenters. The molecular formula is C37H71NO13. The van der Waals surface area contributed by atoms with E-state index in [4.69, 9.17) is 14.6 Å². The van der Waals surface area contributed by atoms with Crippen LogP contribution >= 0.6 is 0 Å². The molecule has 9 atom stereocenters. The molecule has 0 aromatic heterocycles. The van der Waals surface area contributed by atoms with Crippen molar-refractivity contribution in [3.05, 3.63) is 0 Å². The van der Waals surface area contributed by atoms with Crippen molar-refractivity contribution in [2.45, 2.75) is 197 Å². The Morgan fingerprint density at radius 3 is 1.65 bits per heavy atom. The fourth-order valence-corrected chi connectivity index (χ4v) is 6.45. The summed E-state index contributed by atoms with van der Waals surface area (Å²) in [4.78, 5) is 25.5. The lowest BCUT2D eigenvalue weighted by molar-refractivity contribution is -0.327. The Morgan fingerprint density at radius 2 is 1.16 bits per heavy atom. The second-order valence-electron chi connectivity index (χ2n) is 14.2. The Balaban J connectivity index is 2.75. The fraction of sp³-hybridized carbons (Fsp3) is 0.946. The second-order valence-corrected chi connectivity index (χ2v) is 14.2. The van der Waals surface area contributed by atoms with Gasteiger partial charge in [-0.3, -0.25) is 9.59 Å². The molecule has 1 saturated heterocycles. The second kappa shape index (κ2) is 29.0. The minimum Gasteiger partial charge on any atom is -0.481 e. The molecule has 14 nitrogen and oxygen atoms in total. The van der Waals surface area contributed by atoms with Crippen molar-refractivity contribution in [1.82, 2.24) is 4.90 Å². The summed E-state index contributed by atoms with van der Waals surface area (Å²) in [6.07, 6.45) is 4.62. The number of nitrogens with zero attached hydrogens (tertiary/aromatic N) is 1. The van der Waals surface area contributed by atoms with Gasteiger partial charge in [-0.1, -0.05) is 110 Å². The lowest BCUT2D eigenvalue weighted by Crippen LogP contribution is -2.61.